The zero-order chi connectivity index (χ0) is 13.5. The standard InChI is InChI=1S/C11H25N3O3/c1-10(6-8-15)7-9-17-12-14(16)13(5)11(2,3)4/h10,15H,6-9H2,1-5H3/b14-12-. The first-order chi connectivity index (χ1) is 7.79. The maximum atomic E-state index is 11.5. The van der Waals surface area contributed by atoms with Crippen molar-refractivity contribution in [3.8, 4) is 0 Å². The summed E-state index contributed by atoms with van der Waals surface area (Å²) in [5.74, 6) is 0.371. The molecule has 0 rings (SSSR count). The van der Waals surface area contributed by atoms with Crippen LogP contribution in [-0.2, 0) is 4.84 Å². The van der Waals surface area contributed by atoms with E-state index < -0.39 is 0 Å². The predicted molar refractivity (Wildman–Crippen MR) is 65.0 cm³/mol. The lowest BCUT2D eigenvalue weighted by Crippen LogP contribution is -2.42. The van der Waals surface area contributed by atoms with Crippen molar-refractivity contribution in [1.29, 1.82) is 0 Å². The first-order valence-corrected chi connectivity index (χ1v) is 5.93. The quantitative estimate of drug-likeness (QED) is 0.323. The van der Waals surface area contributed by atoms with Gasteiger partial charge in [0.1, 0.15) is 6.61 Å². The molecule has 0 spiro atoms. The Morgan fingerprint density at radius 3 is 2.47 bits per heavy atom. The van der Waals surface area contributed by atoms with Crippen LogP contribution in [0.1, 0.15) is 40.5 Å². The maximum absolute atomic E-state index is 11.5. The van der Waals surface area contributed by atoms with Gasteiger partial charge < -0.3 is 15.2 Å². The molecular formula is C11H25N3O3. The van der Waals surface area contributed by atoms with Crippen LogP contribution < -0.4 is 0 Å². The number of aliphatic hydroxyl groups is 1. The van der Waals surface area contributed by atoms with Crippen molar-refractivity contribution in [2.75, 3.05) is 20.3 Å². The topological polar surface area (TPSA) is 71.1 Å². The number of aliphatic hydroxyl groups excluding tert-OH is 1. The number of hydrazine groups is 1. The molecule has 6 heteroatoms. The molecule has 0 aromatic carbocycles. The largest absolute Gasteiger partial charge is 0.569 e. The van der Waals surface area contributed by atoms with Gasteiger partial charge in [0, 0.05) is 6.61 Å². The molecule has 0 radical (unpaired) electrons. The van der Waals surface area contributed by atoms with Crippen LogP contribution in [-0.4, -0.2) is 40.9 Å². The van der Waals surface area contributed by atoms with Crippen molar-refractivity contribution in [3.05, 3.63) is 5.21 Å². The molecule has 102 valence electrons. The SMILES string of the molecule is CC(CCO)CCO/N=[N+](\[O-])N(C)C(C)(C)C. The average molecular weight is 247 g/mol. The van der Waals surface area contributed by atoms with Gasteiger partial charge in [-0.3, -0.25) is 0 Å². The molecule has 0 bridgehead atoms. The van der Waals surface area contributed by atoms with E-state index >= 15 is 0 Å². The molecule has 1 N–H and O–H groups in total. The normalized spacial score (nSPS) is 14.6. The number of hydrogen-bond acceptors (Lipinski definition) is 4. The van der Waals surface area contributed by atoms with Gasteiger partial charge in [0.15, 0.2) is 0 Å². The zero-order valence-corrected chi connectivity index (χ0v) is 11.5. The van der Waals surface area contributed by atoms with Crippen LogP contribution in [0.25, 0.3) is 0 Å². The summed E-state index contributed by atoms with van der Waals surface area (Å²) in [5.41, 5.74) is -0.293. The van der Waals surface area contributed by atoms with Crippen LogP contribution in [0.4, 0.5) is 0 Å². The third-order valence-electron chi connectivity index (χ3n) is 2.68. The molecule has 0 saturated carbocycles. The number of hydrogen-bond donors (Lipinski definition) is 1. The fourth-order valence-corrected chi connectivity index (χ4v) is 1.02. The van der Waals surface area contributed by atoms with E-state index in [-0.39, 0.29) is 12.1 Å². The second-order valence-electron chi connectivity index (χ2n) is 5.27. The van der Waals surface area contributed by atoms with E-state index in [4.69, 9.17) is 9.94 Å². The first-order valence-electron chi connectivity index (χ1n) is 5.93. The van der Waals surface area contributed by atoms with Gasteiger partial charge in [-0.1, -0.05) is 6.92 Å². The minimum atomic E-state index is -0.293. The van der Waals surface area contributed by atoms with Gasteiger partial charge in [-0.05, 0) is 39.5 Å². The highest BCUT2D eigenvalue weighted by Crippen LogP contribution is 2.11. The Bertz CT molecular complexity index is 239. The second kappa shape index (κ2) is 7.32. The smallest absolute Gasteiger partial charge is 0.233 e. The van der Waals surface area contributed by atoms with E-state index in [0.29, 0.717) is 17.5 Å². The molecule has 0 aliphatic rings. The van der Waals surface area contributed by atoms with Crippen LogP contribution in [0.5, 0.6) is 0 Å². The van der Waals surface area contributed by atoms with E-state index in [9.17, 15) is 5.21 Å². The fraction of sp³-hybridized carbons (Fsp3) is 1.00. The molecule has 0 aliphatic carbocycles. The van der Waals surface area contributed by atoms with Crippen LogP contribution in [0.2, 0.25) is 0 Å². The lowest BCUT2D eigenvalue weighted by atomic mass is 10.1. The second-order valence-corrected chi connectivity index (χ2v) is 5.27. The Labute approximate surface area is 103 Å². The first kappa shape index (κ1) is 16.0. The Hall–Kier alpha value is -1.04. The summed E-state index contributed by atoms with van der Waals surface area (Å²) in [6.07, 6.45) is 1.52. The highest BCUT2D eigenvalue weighted by Gasteiger charge is 2.24. The summed E-state index contributed by atoms with van der Waals surface area (Å²) < 4.78 is 0. The Kier molecular flexibility index (Phi) is 6.87. The molecular weight excluding hydrogens is 222 g/mol. The van der Waals surface area contributed by atoms with Gasteiger partial charge in [0.2, 0.25) is 5.28 Å². The van der Waals surface area contributed by atoms with Crippen molar-refractivity contribution >= 4 is 0 Å². The minimum Gasteiger partial charge on any atom is -0.569 e. The third-order valence-corrected chi connectivity index (χ3v) is 2.68. The van der Waals surface area contributed by atoms with E-state index in [0.717, 1.165) is 12.8 Å². The molecule has 17 heavy (non-hydrogen) atoms. The van der Waals surface area contributed by atoms with Gasteiger partial charge >= 0.3 is 0 Å². The minimum absolute atomic E-state index is 0.179. The Morgan fingerprint density at radius 1 is 1.41 bits per heavy atom. The summed E-state index contributed by atoms with van der Waals surface area (Å²) in [5, 5.41) is 25.1. The lowest BCUT2D eigenvalue weighted by Gasteiger charge is -2.26. The van der Waals surface area contributed by atoms with Crippen molar-refractivity contribution < 1.29 is 14.9 Å². The maximum Gasteiger partial charge on any atom is 0.233 e. The van der Waals surface area contributed by atoms with E-state index in [2.05, 4.69) is 5.28 Å². The third kappa shape index (κ3) is 6.99. The summed E-state index contributed by atoms with van der Waals surface area (Å²) in [4.78, 5) is 5.40. The van der Waals surface area contributed by atoms with Gasteiger partial charge in [-0.2, -0.15) is 0 Å². The summed E-state index contributed by atoms with van der Waals surface area (Å²) in [7, 11) is 1.66. The summed E-state index contributed by atoms with van der Waals surface area (Å²) in [6.45, 7) is 8.33. The Morgan fingerprint density at radius 2 is 2.00 bits per heavy atom. The monoisotopic (exact) mass is 247 g/mol. The number of nitrogens with zero attached hydrogens (tertiary/aromatic N) is 3. The van der Waals surface area contributed by atoms with E-state index in [1.165, 1.54) is 5.01 Å². The average Bonchev–Trinajstić information content (AvgIpc) is 2.22. The summed E-state index contributed by atoms with van der Waals surface area (Å²) in [6, 6.07) is 0. The molecule has 0 saturated heterocycles. The van der Waals surface area contributed by atoms with Gasteiger partial charge in [0.05, 0.1) is 17.6 Å². The molecule has 0 aliphatic heterocycles. The lowest BCUT2D eigenvalue weighted by molar-refractivity contribution is -0.719. The van der Waals surface area contributed by atoms with Crippen LogP contribution in [0, 0.1) is 11.1 Å². The van der Waals surface area contributed by atoms with Crippen LogP contribution in [0.15, 0.2) is 5.28 Å². The molecule has 0 amide bonds. The van der Waals surface area contributed by atoms with Crippen LogP contribution in [0.3, 0.4) is 0 Å². The number of rotatable bonds is 7. The van der Waals surface area contributed by atoms with Crippen molar-refractivity contribution in [2.45, 2.75) is 46.1 Å². The fourth-order valence-electron chi connectivity index (χ4n) is 1.02. The van der Waals surface area contributed by atoms with E-state index in [1.54, 1.807) is 7.05 Å². The Balaban J connectivity index is 3.93. The molecule has 6 nitrogen and oxygen atoms in total. The molecule has 0 heterocycles. The zero-order valence-electron chi connectivity index (χ0n) is 11.5. The predicted octanol–water partition coefficient (Wildman–Crippen LogP) is 1.93. The summed E-state index contributed by atoms with van der Waals surface area (Å²) >= 11 is 0. The van der Waals surface area contributed by atoms with Crippen molar-refractivity contribution in [2.24, 2.45) is 11.2 Å². The van der Waals surface area contributed by atoms with E-state index in [1.807, 2.05) is 27.7 Å². The molecule has 0 aromatic rings. The molecule has 0 fully saturated rings. The molecule has 0 aromatic heterocycles. The highest BCUT2D eigenvalue weighted by molar-refractivity contribution is 4.64. The van der Waals surface area contributed by atoms with Crippen LogP contribution >= 0.6 is 0 Å². The van der Waals surface area contributed by atoms with Gasteiger partial charge in [0.25, 0.3) is 0 Å². The van der Waals surface area contributed by atoms with Gasteiger partial charge in [-0.15, -0.1) is 5.01 Å². The van der Waals surface area contributed by atoms with Crippen molar-refractivity contribution in [1.82, 2.24) is 5.01 Å². The van der Waals surface area contributed by atoms with Crippen molar-refractivity contribution in [3.63, 3.8) is 0 Å². The van der Waals surface area contributed by atoms with Gasteiger partial charge in [-0.25, -0.2) is 0 Å². The molecule has 1 atom stereocenters. The molecule has 1 unspecified atom stereocenters. The highest BCUT2D eigenvalue weighted by atomic mass is 16.7.